The molecule has 0 aliphatic rings. The van der Waals surface area contributed by atoms with Crippen molar-refractivity contribution in [1.29, 1.82) is 0 Å². The van der Waals surface area contributed by atoms with Gasteiger partial charge in [-0.25, -0.2) is 0 Å². The normalized spacial score (nSPS) is 6.13. The van der Waals surface area contributed by atoms with Crippen LogP contribution in [0.15, 0.2) is 140 Å². The van der Waals surface area contributed by atoms with Gasteiger partial charge in [-0.15, -0.1) is 0 Å². The van der Waals surface area contributed by atoms with Crippen molar-refractivity contribution in [1.82, 2.24) is 0 Å². The third-order valence-corrected chi connectivity index (χ3v) is 3.25. The molecule has 0 aliphatic carbocycles. The van der Waals surface area contributed by atoms with Crippen molar-refractivity contribution in [2.24, 2.45) is 0 Å². The number of aryl methyl sites for hydroxylation is 1. The molecule has 4 nitrogen and oxygen atoms in total. The number of methoxy groups -OCH3 is 4. The summed E-state index contributed by atoms with van der Waals surface area (Å²) < 4.78 is 17.0. The van der Waals surface area contributed by atoms with Crippen LogP contribution < -0.4 is 0 Å². The van der Waals surface area contributed by atoms with Gasteiger partial charge in [0.15, 0.2) is 0 Å². The first-order valence-electron chi connectivity index (χ1n) is 17.2. The topological polar surface area (TPSA) is 36.9 Å². The molecular formula is C46H90B2O4. The van der Waals surface area contributed by atoms with Crippen LogP contribution in [0.5, 0.6) is 0 Å². The number of benzene rings is 4. The zero-order valence-corrected chi connectivity index (χ0v) is 36.3. The summed E-state index contributed by atoms with van der Waals surface area (Å²) in [5, 5.41) is 0. The van der Waals surface area contributed by atoms with Crippen LogP contribution in [0, 0.1) is 0 Å². The molecule has 6 heteroatoms. The highest BCUT2D eigenvalue weighted by atomic mass is 16.5. The second-order valence-electron chi connectivity index (χ2n) is 6.94. The zero-order chi connectivity index (χ0) is 39.4. The zero-order valence-electron chi connectivity index (χ0n) is 36.3. The molecule has 0 aliphatic heterocycles. The highest BCUT2D eigenvalue weighted by molar-refractivity contribution is 5.76. The molecule has 0 atom stereocenters. The van der Waals surface area contributed by atoms with Gasteiger partial charge >= 0.3 is 0 Å². The molecule has 0 heterocycles. The maximum atomic E-state index is 4.25. The fourth-order valence-electron chi connectivity index (χ4n) is 1.87. The molecule has 304 valence electrons. The van der Waals surface area contributed by atoms with Crippen molar-refractivity contribution >= 4 is 16.8 Å². The molecule has 0 fully saturated rings. The van der Waals surface area contributed by atoms with Gasteiger partial charge in [0.2, 0.25) is 0 Å². The minimum Gasteiger partial charge on any atom is -0.388 e. The van der Waals surface area contributed by atoms with Gasteiger partial charge in [0.1, 0.15) is 0 Å². The van der Waals surface area contributed by atoms with Gasteiger partial charge < -0.3 is 18.9 Å². The van der Waals surface area contributed by atoms with Crippen molar-refractivity contribution in [2.75, 3.05) is 56.9 Å². The maximum absolute atomic E-state index is 4.25. The summed E-state index contributed by atoms with van der Waals surface area (Å²) in [6, 6.07) is 46.5. The lowest BCUT2D eigenvalue weighted by Crippen LogP contribution is -1.73. The van der Waals surface area contributed by atoms with Crippen LogP contribution >= 0.6 is 0 Å². The molecule has 52 heavy (non-hydrogen) atoms. The Bertz CT molecular complexity index is 634. The molecule has 6 radical (unpaired) electrons. The van der Waals surface area contributed by atoms with E-state index in [1.54, 1.807) is 56.9 Å². The van der Waals surface area contributed by atoms with Crippen LogP contribution in [0.4, 0.5) is 0 Å². The summed E-state index contributed by atoms with van der Waals surface area (Å²) in [5.41, 5.74) is 1.41. The molecule has 0 aromatic heterocycles. The fourth-order valence-corrected chi connectivity index (χ4v) is 1.87. The number of ether oxygens (including phenoxy) is 4. The van der Waals surface area contributed by atoms with Gasteiger partial charge in [0.25, 0.3) is 0 Å². The van der Waals surface area contributed by atoms with E-state index in [-0.39, 0.29) is 31.7 Å². The Hall–Kier alpha value is -3.15. The average molecular weight is 729 g/mol. The number of rotatable bonds is 1. The van der Waals surface area contributed by atoms with Crippen LogP contribution in [-0.2, 0) is 25.4 Å². The van der Waals surface area contributed by atoms with Gasteiger partial charge in [-0.2, -0.15) is 0 Å². The standard InChI is InChI=1S/C8H10.3C6H6.4C2H6O.5C2H6.2CH4.2B/c1-2-8-6-4-3-5-7-8;3*1-2-4-6-5-3-1;4*1-3-2;5*1-2;;;;/h3-7H,2H2,1H3;3*1-6H;4*1-2H3;5*1-2H3;2*1H4;;. The first kappa shape index (κ1) is 87.0. The molecule has 0 N–H and O–H groups in total. The Balaban J connectivity index is -0.0000000297. The van der Waals surface area contributed by atoms with E-state index in [4.69, 9.17) is 0 Å². The maximum Gasteiger partial charge on any atom is 0.0351 e. The van der Waals surface area contributed by atoms with E-state index >= 15 is 0 Å². The van der Waals surface area contributed by atoms with Crippen molar-refractivity contribution in [3.05, 3.63) is 145 Å². The van der Waals surface area contributed by atoms with Crippen LogP contribution in [0.3, 0.4) is 0 Å². The van der Waals surface area contributed by atoms with Crippen molar-refractivity contribution < 1.29 is 18.9 Å². The van der Waals surface area contributed by atoms with Crippen LogP contribution in [0.25, 0.3) is 0 Å². The monoisotopic (exact) mass is 729 g/mol. The lowest BCUT2D eigenvalue weighted by molar-refractivity contribution is 0.277. The van der Waals surface area contributed by atoms with Gasteiger partial charge in [0.05, 0.1) is 0 Å². The summed E-state index contributed by atoms with van der Waals surface area (Å²) in [4.78, 5) is 0. The third kappa shape index (κ3) is 159. The smallest absolute Gasteiger partial charge is 0.0351 e. The number of hydrogen-bond acceptors (Lipinski definition) is 4. The number of hydrogen-bond donors (Lipinski definition) is 0. The van der Waals surface area contributed by atoms with Crippen LogP contribution in [-0.4, -0.2) is 73.7 Å². The van der Waals surface area contributed by atoms with Gasteiger partial charge in [0, 0.05) is 73.7 Å². The van der Waals surface area contributed by atoms with E-state index in [2.05, 4.69) is 50.1 Å². The Kier molecular flexibility index (Phi) is 227. The van der Waals surface area contributed by atoms with E-state index in [9.17, 15) is 0 Å². The molecule has 4 aromatic carbocycles. The van der Waals surface area contributed by atoms with Gasteiger partial charge in [-0.05, 0) is 12.0 Å². The molecule has 4 aromatic rings. The minimum atomic E-state index is 0. The molecule has 0 saturated heterocycles. The summed E-state index contributed by atoms with van der Waals surface area (Å²) in [6.45, 7) is 22.2. The van der Waals surface area contributed by atoms with Gasteiger partial charge in [-0.3, -0.25) is 0 Å². The molecule has 4 rings (SSSR count). The second kappa shape index (κ2) is 135. The fraction of sp³-hybridized carbons (Fsp3) is 0.478. The van der Waals surface area contributed by atoms with Crippen molar-refractivity contribution in [2.45, 2.75) is 97.4 Å². The molecular weight excluding hydrogens is 638 g/mol. The Morgan fingerprint density at radius 1 is 0.288 bits per heavy atom. The Morgan fingerprint density at radius 3 is 0.462 bits per heavy atom. The lowest BCUT2D eigenvalue weighted by Gasteiger charge is -1.89. The summed E-state index contributed by atoms with van der Waals surface area (Å²) in [6.07, 6.45) is 1.14. The highest BCUT2D eigenvalue weighted by Gasteiger charge is 1.80. The van der Waals surface area contributed by atoms with E-state index in [1.807, 2.05) is 184 Å². The summed E-state index contributed by atoms with van der Waals surface area (Å²) in [7, 11) is 13.0. The highest BCUT2D eigenvalue weighted by Crippen LogP contribution is 1.96. The van der Waals surface area contributed by atoms with Crippen LogP contribution in [0.2, 0.25) is 0 Å². The quantitative estimate of drug-likeness (QED) is 0.183. The summed E-state index contributed by atoms with van der Waals surface area (Å²) >= 11 is 0. The van der Waals surface area contributed by atoms with Gasteiger partial charge in [-0.1, -0.05) is 231 Å². The van der Waals surface area contributed by atoms with E-state index in [0.29, 0.717) is 0 Å². The molecule has 0 saturated carbocycles. The van der Waals surface area contributed by atoms with Crippen molar-refractivity contribution in [3.63, 3.8) is 0 Å². The van der Waals surface area contributed by atoms with E-state index in [0.717, 1.165) is 6.42 Å². The predicted molar refractivity (Wildman–Crippen MR) is 249 cm³/mol. The van der Waals surface area contributed by atoms with Crippen LogP contribution in [0.1, 0.15) is 96.6 Å². The summed E-state index contributed by atoms with van der Waals surface area (Å²) in [5.74, 6) is 0. The Labute approximate surface area is 334 Å². The first-order chi connectivity index (χ1) is 23.6. The predicted octanol–water partition coefficient (Wildman–Crippen LogP) is 14.0. The minimum absolute atomic E-state index is 0. The van der Waals surface area contributed by atoms with E-state index in [1.165, 1.54) is 5.56 Å². The average Bonchev–Trinajstić information content (AvgIpc) is 3.20. The Morgan fingerprint density at radius 2 is 0.385 bits per heavy atom. The lowest BCUT2D eigenvalue weighted by atomic mass is 10.2. The molecule has 0 spiro atoms. The third-order valence-electron chi connectivity index (χ3n) is 3.25. The largest absolute Gasteiger partial charge is 0.388 e. The molecule has 0 unspecified atom stereocenters. The second-order valence-corrected chi connectivity index (χ2v) is 6.94. The molecule has 0 bridgehead atoms. The molecule has 0 amide bonds. The first-order valence-corrected chi connectivity index (χ1v) is 17.2. The van der Waals surface area contributed by atoms with E-state index < -0.39 is 0 Å². The SMILES string of the molecule is C.C.CC.CC.CC.CC.CC.CCc1ccccc1.COC.COC.COC.COC.[B].[B].c1ccccc1.c1ccccc1.c1ccccc1. The van der Waals surface area contributed by atoms with Crippen molar-refractivity contribution in [3.8, 4) is 0 Å².